The van der Waals surface area contributed by atoms with Crippen molar-refractivity contribution in [2.45, 2.75) is 31.9 Å². The standard InChI is InChI=1S/C21H29N5O5/c1-25-13-21(11-15(25)19-24-23-17(31-19)12-28-2)7-9-26(10-8-21)20(27)14-5-6-16(29-3)22-18(14)30-4/h5-6,15H,7-13H2,1-4H3. The molecule has 0 aliphatic carbocycles. The highest BCUT2D eigenvalue weighted by Gasteiger charge is 2.47. The molecule has 10 nitrogen and oxygen atoms in total. The summed E-state index contributed by atoms with van der Waals surface area (Å²) in [6, 6.07) is 3.48. The molecule has 2 fully saturated rings. The van der Waals surface area contributed by atoms with Gasteiger partial charge in [0.05, 0.1) is 20.3 Å². The molecule has 2 aromatic rings. The molecule has 0 saturated carbocycles. The summed E-state index contributed by atoms with van der Waals surface area (Å²) in [6.45, 7) is 2.63. The number of carbonyl (C=O) groups is 1. The van der Waals surface area contributed by atoms with E-state index < -0.39 is 0 Å². The molecule has 1 atom stereocenters. The Bertz CT molecular complexity index is 925. The molecule has 10 heteroatoms. The lowest BCUT2D eigenvalue weighted by atomic mass is 9.76. The average molecular weight is 431 g/mol. The van der Waals surface area contributed by atoms with E-state index in [2.05, 4.69) is 27.1 Å². The Labute approximate surface area is 181 Å². The van der Waals surface area contributed by atoms with Crippen molar-refractivity contribution in [3.63, 3.8) is 0 Å². The number of amides is 1. The van der Waals surface area contributed by atoms with Crippen LogP contribution in [0.2, 0.25) is 0 Å². The molecule has 2 aromatic heterocycles. The van der Waals surface area contributed by atoms with E-state index in [0.29, 0.717) is 42.9 Å². The van der Waals surface area contributed by atoms with Gasteiger partial charge in [0.15, 0.2) is 0 Å². The maximum Gasteiger partial charge on any atom is 0.259 e. The van der Waals surface area contributed by atoms with Gasteiger partial charge in [-0.25, -0.2) is 0 Å². The second kappa shape index (κ2) is 8.80. The Morgan fingerprint density at radius 1 is 1.19 bits per heavy atom. The molecule has 1 spiro atoms. The van der Waals surface area contributed by atoms with Gasteiger partial charge in [-0.05, 0) is 37.8 Å². The fourth-order valence-electron chi connectivity index (χ4n) is 4.70. The predicted octanol–water partition coefficient (Wildman–Crippen LogP) is 1.93. The summed E-state index contributed by atoms with van der Waals surface area (Å²) in [5.74, 6) is 1.77. The normalized spacial score (nSPS) is 20.9. The van der Waals surface area contributed by atoms with Crippen molar-refractivity contribution >= 4 is 5.91 Å². The van der Waals surface area contributed by atoms with Gasteiger partial charge < -0.3 is 23.5 Å². The van der Waals surface area contributed by atoms with Gasteiger partial charge in [-0.15, -0.1) is 10.2 Å². The quantitative estimate of drug-likeness (QED) is 0.678. The van der Waals surface area contributed by atoms with Crippen LogP contribution in [0.25, 0.3) is 0 Å². The number of aromatic nitrogens is 3. The first-order valence-electron chi connectivity index (χ1n) is 10.4. The molecule has 1 unspecified atom stereocenters. The maximum absolute atomic E-state index is 13.1. The number of hydrogen-bond acceptors (Lipinski definition) is 9. The van der Waals surface area contributed by atoms with Gasteiger partial charge in [-0.1, -0.05) is 0 Å². The van der Waals surface area contributed by atoms with Crippen LogP contribution in [0.1, 0.15) is 47.4 Å². The zero-order chi connectivity index (χ0) is 22.0. The molecular formula is C21H29N5O5. The Balaban J connectivity index is 1.42. The molecule has 4 heterocycles. The zero-order valence-corrected chi connectivity index (χ0v) is 18.5. The molecule has 168 valence electrons. The summed E-state index contributed by atoms with van der Waals surface area (Å²) in [4.78, 5) is 21.5. The van der Waals surface area contributed by atoms with Gasteiger partial charge in [0.2, 0.25) is 23.5 Å². The lowest BCUT2D eigenvalue weighted by molar-refractivity contribution is 0.0589. The second-order valence-corrected chi connectivity index (χ2v) is 8.30. The fraction of sp³-hybridized carbons (Fsp3) is 0.619. The summed E-state index contributed by atoms with van der Waals surface area (Å²) in [6.07, 6.45) is 2.78. The average Bonchev–Trinajstić information content (AvgIpc) is 3.37. The Morgan fingerprint density at radius 3 is 2.65 bits per heavy atom. The number of pyridine rings is 1. The van der Waals surface area contributed by atoms with Crippen LogP contribution in [0.4, 0.5) is 0 Å². The van der Waals surface area contributed by atoms with E-state index in [1.54, 1.807) is 19.2 Å². The van der Waals surface area contributed by atoms with E-state index in [4.69, 9.17) is 18.6 Å². The highest BCUT2D eigenvalue weighted by atomic mass is 16.5. The van der Waals surface area contributed by atoms with Crippen molar-refractivity contribution in [3.8, 4) is 11.8 Å². The first kappa shape index (κ1) is 21.5. The van der Waals surface area contributed by atoms with Crippen LogP contribution in [0.5, 0.6) is 11.8 Å². The first-order chi connectivity index (χ1) is 15.0. The summed E-state index contributed by atoms with van der Waals surface area (Å²) >= 11 is 0. The van der Waals surface area contributed by atoms with Crippen LogP contribution in [0.3, 0.4) is 0 Å². The lowest BCUT2D eigenvalue weighted by Crippen LogP contribution is -2.44. The molecule has 0 N–H and O–H groups in total. The highest BCUT2D eigenvalue weighted by Crippen LogP contribution is 2.48. The number of ether oxygens (including phenoxy) is 3. The van der Waals surface area contributed by atoms with Crippen molar-refractivity contribution in [1.29, 1.82) is 0 Å². The molecule has 2 aliphatic rings. The van der Waals surface area contributed by atoms with E-state index in [1.807, 2.05) is 4.90 Å². The number of nitrogens with zero attached hydrogens (tertiary/aromatic N) is 5. The van der Waals surface area contributed by atoms with Crippen molar-refractivity contribution in [2.75, 3.05) is 48.0 Å². The third-order valence-corrected chi connectivity index (χ3v) is 6.36. The minimum absolute atomic E-state index is 0.0640. The van der Waals surface area contributed by atoms with Crippen LogP contribution < -0.4 is 9.47 Å². The third kappa shape index (κ3) is 4.22. The van der Waals surface area contributed by atoms with Crippen molar-refractivity contribution in [3.05, 3.63) is 29.5 Å². The van der Waals surface area contributed by atoms with E-state index in [-0.39, 0.29) is 23.2 Å². The molecule has 2 saturated heterocycles. The molecule has 1 amide bonds. The summed E-state index contributed by atoms with van der Waals surface area (Å²) in [5.41, 5.74) is 0.589. The molecule has 0 aromatic carbocycles. The van der Waals surface area contributed by atoms with E-state index >= 15 is 0 Å². The molecule has 4 rings (SSSR count). The van der Waals surface area contributed by atoms with Crippen molar-refractivity contribution < 1.29 is 23.4 Å². The summed E-state index contributed by atoms with van der Waals surface area (Å²) in [7, 11) is 6.73. The van der Waals surface area contributed by atoms with E-state index in [0.717, 1.165) is 25.8 Å². The third-order valence-electron chi connectivity index (χ3n) is 6.36. The lowest BCUT2D eigenvalue weighted by Gasteiger charge is -2.39. The van der Waals surface area contributed by atoms with E-state index in [9.17, 15) is 4.79 Å². The number of likely N-dealkylation sites (tertiary alicyclic amines) is 2. The minimum atomic E-state index is -0.0640. The van der Waals surface area contributed by atoms with Gasteiger partial charge in [-0.3, -0.25) is 9.69 Å². The molecule has 2 aliphatic heterocycles. The largest absolute Gasteiger partial charge is 0.481 e. The smallest absolute Gasteiger partial charge is 0.259 e. The van der Waals surface area contributed by atoms with Gasteiger partial charge in [-0.2, -0.15) is 4.98 Å². The highest BCUT2D eigenvalue weighted by molar-refractivity contribution is 5.96. The molecular weight excluding hydrogens is 402 g/mol. The van der Waals surface area contributed by atoms with Crippen LogP contribution in [0.15, 0.2) is 16.5 Å². The first-order valence-corrected chi connectivity index (χ1v) is 10.4. The van der Waals surface area contributed by atoms with Gasteiger partial charge >= 0.3 is 0 Å². The van der Waals surface area contributed by atoms with Gasteiger partial charge in [0.1, 0.15) is 12.2 Å². The van der Waals surface area contributed by atoms with Crippen molar-refractivity contribution in [1.82, 2.24) is 25.0 Å². The van der Waals surface area contributed by atoms with Crippen molar-refractivity contribution in [2.24, 2.45) is 5.41 Å². The van der Waals surface area contributed by atoms with Gasteiger partial charge in [0.25, 0.3) is 5.91 Å². The fourth-order valence-corrected chi connectivity index (χ4v) is 4.70. The van der Waals surface area contributed by atoms with Crippen LogP contribution >= 0.6 is 0 Å². The monoisotopic (exact) mass is 431 g/mol. The predicted molar refractivity (Wildman–Crippen MR) is 110 cm³/mol. The zero-order valence-electron chi connectivity index (χ0n) is 18.5. The molecule has 31 heavy (non-hydrogen) atoms. The topological polar surface area (TPSA) is 103 Å². The maximum atomic E-state index is 13.1. The Hall–Kier alpha value is -2.72. The minimum Gasteiger partial charge on any atom is -0.481 e. The van der Waals surface area contributed by atoms with Crippen LogP contribution in [-0.4, -0.2) is 78.9 Å². The SMILES string of the molecule is COCc1nnc(C2CC3(CCN(C(=O)c4ccc(OC)nc4OC)CC3)CN2C)o1. The Morgan fingerprint density at radius 2 is 1.97 bits per heavy atom. The van der Waals surface area contributed by atoms with E-state index in [1.165, 1.54) is 14.2 Å². The second-order valence-electron chi connectivity index (χ2n) is 8.30. The number of hydrogen-bond donors (Lipinski definition) is 0. The summed E-state index contributed by atoms with van der Waals surface area (Å²) < 4.78 is 21.3. The number of methoxy groups -OCH3 is 3. The summed E-state index contributed by atoms with van der Waals surface area (Å²) in [5, 5.41) is 8.30. The Kier molecular flexibility index (Phi) is 6.10. The molecule has 0 radical (unpaired) electrons. The van der Waals surface area contributed by atoms with Gasteiger partial charge in [0, 0.05) is 32.8 Å². The van der Waals surface area contributed by atoms with Crippen LogP contribution in [0, 0.1) is 5.41 Å². The molecule has 0 bridgehead atoms. The number of carbonyl (C=O) groups excluding carboxylic acids is 1. The van der Waals surface area contributed by atoms with Crippen LogP contribution in [-0.2, 0) is 11.3 Å². The number of rotatable bonds is 6. The number of piperidine rings is 1.